The molecule has 0 bridgehead atoms. The quantitative estimate of drug-likeness (QED) is 0.166. The predicted octanol–water partition coefficient (Wildman–Crippen LogP) is 16.9. The normalized spacial score (nSPS) is 8.41. The molecule has 6 rings (SSSR count). The van der Waals surface area contributed by atoms with Crippen LogP contribution in [0.2, 0.25) is 15.1 Å². The Balaban J connectivity index is -0.0000000823. The second-order valence-electron chi connectivity index (χ2n) is 14.0. The second-order valence-corrected chi connectivity index (χ2v) is 15.1. The van der Waals surface area contributed by atoms with Gasteiger partial charge in [-0.1, -0.05) is 129 Å². The van der Waals surface area contributed by atoms with E-state index in [1.165, 1.54) is 16.7 Å². The number of aromatic hydroxyl groups is 1. The third kappa shape index (κ3) is 35.5. The van der Waals surface area contributed by atoms with Crippen molar-refractivity contribution in [1.82, 2.24) is 0 Å². The van der Waals surface area contributed by atoms with Gasteiger partial charge in [0.2, 0.25) is 0 Å². The number of aryl methyl sites for hydroxylation is 11. The SMILES string of the molecule is C.C.C.COc1[c-]c(C)cc(C)c1.Cc1[c-]c(Cl)c(Cl)c(C)c1.Cc1[c-]cc(C)c(C)c1F.Cc1[c-]cc(Cl)c(C)c1.Cc1[c-]cc(O)c(C)c1C.Cc1[c-]ccc(C)c1.[Y].[Y].[Y].[Y].[Y].[Y]. The van der Waals surface area contributed by atoms with E-state index < -0.39 is 0 Å². The van der Waals surface area contributed by atoms with Gasteiger partial charge in [0.15, 0.2) is 0 Å². The smallest absolute Gasteiger partial charge is 0.0743 e. The number of ether oxygens (including phenoxy) is 1. The van der Waals surface area contributed by atoms with E-state index in [1.807, 2.05) is 113 Å². The molecule has 0 aliphatic heterocycles. The minimum absolute atomic E-state index is 0. The van der Waals surface area contributed by atoms with E-state index in [-0.39, 0.29) is 224 Å². The van der Waals surface area contributed by atoms with Crippen molar-refractivity contribution < 1.29 is 210 Å². The largest absolute Gasteiger partial charge is 0.565 e. The van der Waals surface area contributed by atoms with E-state index in [9.17, 15) is 9.50 Å². The van der Waals surface area contributed by atoms with Gasteiger partial charge in [-0.25, -0.2) is 0 Å². The summed E-state index contributed by atoms with van der Waals surface area (Å²) in [6, 6.07) is 37.2. The fraction of sp³-hybridized carbons (Fsp3) is 0.333. The Hall–Kier alpha value is 2.34. The number of methoxy groups -OCH3 is 1. The molecule has 2 nitrogen and oxygen atoms in total. The zero-order valence-corrected chi connectivity index (χ0v) is 58.9. The molecular weight excluding hydrogens is 1340 g/mol. The molecule has 6 radical (unpaired) electrons. The van der Waals surface area contributed by atoms with Gasteiger partial charge in [-0.2, -0.15) is 147 Å². The number of hydrogen-bond acceptors (Lipinski definition) is 2. The third-order valence-corrected chi connectivity index (χ3v) is 9.92. The standard InChI is InChI=1S/C9H10F.2C9H11O.C8H7Cl2.C8H8Cl.C8H9.3CH4.6Y/c1-6-4-5-7(2)9(10)8(6)3;1-7-4-8(2)6-9(5-7)10-3;1-6-4-5-9(10)8(3)7(6)2;1-5-3-6(2)8(10)7(9)4-5;1-6-3-4-8(9)7(2)5-6;1-7-4-3-5-8(2)6-7;;;;;;;;;/h4H,1-3H3;4-5H,1-3H3;5,10H,1-3H3;3H,1-2H3;4-5H,1-2H3;3-4,6H,1-2H3;3*1H4;;;;;;/q6*-1;;;;;;;;;. The van der Waals surface area contributed by atoms with Crippen LogP contribution in [0.15, 0.2) is 60.7 Å². The average molecular weight is 1410 g/mol. The molecule has 66 heavy (non-hydrogen) atoms. The van der Waals surface area contributed by atoms with Crippen LogP contribution >= 0.6 is 34.8 Å². The van der Waals surface area contributed by atoms with Crippen LogP contribution in [0.5, 0.6) is 11.5 Å². The maximum atomic E-state index is 13.0. The Morgan fingerprint density at radius 3 is 1.39 bits per heavy atom. The summed E-state index contributed by atoms with van der Waals surface area (Å²) in [5, 5.41) is 11.1. The molecule has 0 aliphatic carbocycles. The molecule has 0 saturated carbocycles. The molecule has 0 saturated heterocycles. The maximum absolute atomic E-state index is 13.0. The van der Waals surface area contributed by atoms with Gasteiger partial charge in [0.25, 0.3) is 0 Å². The molecule has 6 aromatic rings. The van der Waals surface area contributed by atoms with Gasteiger partial charge < -0.3 is 9.84 Å². The predicted molar refractivity (Wildman–Crippen MR) is 261 cm³/mol. The second kappa shape index (κ2) is 47.1. The summed E-state index contributed by atoms with van der Waals surface area (Å²) in [5.41, 5.74) is 14.6. The minimum Gasteiger partial charge on any atom is -0.565 e. The van der Waals surface area contributed by atoms with Crippen molar-refractivity contribution in [3.8, 4) is 11.5 Å². The van der Waals surface area contributed by atoms with Gasteiger partial charge >= 0.3 is 0 Å². The van der Waals surface area contributed by atoms with Gasteiger partial charge in [-0.3, -0.25) is 4.39 Å². The van der Waals surface area contributed by atoms with Crippen LogP contribution in [-0.4, -0.2) is 12.2 Å². The van der Waals surface area contributed by atoms with Gasteiger partial charge in [0, 0.05) is 214 Å². The fourth-order valence-electron chi connectivity index (χ4n) is 4.96. The summed E-state index contributed by atoms with van der Waals surface area (Å²) in [5.74, 6) is 1.03. The average Bonchev–Trinajstić information content (AvgIpc) is 3.14. The Labute approximate surface area is 569 Å². The van der Waals surface area contributed by atoms with Crippen LogP contribution in [-0.2, 0) is 196 Å². The van der Waals surface area contributed by atoms with Gasteiger partial charge in [-0.05, 0) is 5.02 Å². The van der Waals surface area contributed by atoms with E-state index in [4.69, 9.17) is 39.5 Å². The van der Waals surface area contributed by atoms with Crippen molar-refractivity contribution in [3.63, 3.8) is 0 Å². The maximum Gasteiger partial charge on any atom is 0.0743 e. The first-order chi connectivity index (χ1) is 26.6. The first-order valence-corrected chi connectivity index (χ1v) is 19.5. The molecule has 0 amide bonds. The summed E-state index contributed by atoms with van der Waals surface area (Å²) < 4.78 is 18.0. The molecule has 1 N–H and O–H groups in total. The van der Waals surface area contributed by atoms with Crippen molar-refractivity contribution in [3.05, 3.63) is 196 Å². The van der Waals surface area contributed by atoms with Crippen LogP contribution in [0.4, 0.5) is 4.39 Å². The van der Waals surface area contributed by atoms with E-state index in [0.717, 1.165) is 66.4 Å². The summed E-state index contributed by atoms with van der Waals surface area (Å²) in [7, 11) is 1.66. The molecule has 0 unspecified atom stereocenters. The molecule has 0 fully saturated rings. The van der Waals surface area contributed by atoms with Crippen LogP contribution in [0, 0.1) is 139 Å². The number of halogens is 4. The van der Waals surface area contributed by atoms with Crippen molar-refractivity contribution in [2.45, 2.75) is 119 Å². The van der Waals surface area contributed by atoms with Crippen LogP contribution in [0.25, 0.3) is 0 Å². The van der Waals surface area contributed by atoms with Crippen molar-refractivity contribution >= 4 is 34.8 Å². The van der Waals surface area contributed by atoms with Crippen LogP contribution < -0.4 is 4.74 Å². The zero-order valence-electron chi connectivity index (χ0n) is 39.6. The van der Waals surface area contributed by atoms with Crippen LogP contribution in [0.1, 0.15) is 100 Å². The molecule has 0 aliphatic rings. The van der Waals surface area contributed by atoms with Crippen molar-refractivity contribution in [2.24, 2.45) is 0 Å². The number of phenols is 1. The van der Waals surface area contributed by atoms with Gasteiger partial charge in [-0.15, -0.1) is 63.2 Å². The minimum atomic E-state index is -0.125. The van der Waals surface area contributed by atoms with Crippen molar-refractivity contribution in [2.75, 3.05) is 7.11 Å². The number of hydrogen-bond donors (Lipinski definition) is 1. The number of benzene rings is 6. The molecule has 6 aromatic carbocycles. The van der Waals surface area contributed by atoms with Gasteiger partial charge in [0.05, 0.1) is 7.11 Å². The summed E-state index contributed by atoms with van der Waals surface area (Å²) >= 11 is 17.3. The van der Waals surface area contributed by atoms with E-state index in [1.54, 1.807) is 33.1 Å². The topological polar surface area (TPSA) is 29.5 Å². The molecule has 0 spiro atoms. The Kier molecular flexibility index (Phi) is 62.8. The monoisotopic (exact) mass is 1410 g/mol. The van der Waals surface area contributed by atoms with Gasteiger partial charge in [0.1, 0.15) is 0 Å². The molecule has 0 atom stereocenters. The van der Waals surface area contributed by atoms with E-state index in [2.05, 4.69) is 55.5 Å². The third-order valence-electron chi connectivity index (χ3n) is 8.65. The van der Waals surface area contributed by atoms with Crippen LogP contribution in [0.3, 0.4) is 0 Å². The Bertz CT molecular complexity index is 2050. The number of rotatable bonds is 1. The number of phenolic OH excluding ortho intramolecular Hbond substituents is 1. The molecule has 12 heteroatoms. The summed E-state index contributed by atoms with van der Waals surface area (Å²) in [6.07, 6.45) is 0. The van der Waals surface area contributed by atoms with Crippen molar-refractivity contribution in [1.29, 1.82) is 0 Å². The molecule has 0 aromatic heterocycles. The molecule has 0 heterocycles. The first kappa shape index (κ1) is 88.0. The summed E-state index contributed by atoms with van der Waals surface area (Å²) in [4.78, 5) is 0. The fourth-order valence-corrected chi connectivity index (χ4v) is 5.47. The van der Waals surface area contributed by atoms with E-state index >= 15 is 0 Å². The molecular formula is C54H68Cl3FO2Y6-6. The Morgan fingerprint density at radius 2 is 0.985 bits per heavy atom. The summed E-state index contributed by atoms with van der Waals surface area (Å²) in [6.45, 7) is 27.3. The Morgan fingerprint density at radius 1 is 0.500 bits per heavy atom. The van der Waals surface area contributed by atoms with E-state index in [0.29, 0.717) is 21.4 Å². The zero-order chi connectivity index (χ0) is 43.6. The molecule has 348 valence electrons. The first-order valence-electron chi connectivity index (χ1n) is 18.4.